The Labute approximate surface area is 159 Å². The molecule has 2 amide bonds. The van der Waals surface area contributed by atoms with Crippen LogP contribution in [0.5, 0.6) is 11.5 Å². The van der Waals surface area contributed by atoms with Gasteiger partial charge in [0, 0.05) is 5.56 Å². The average Bonchev–Trinajstić information content (AvgIpc) is 2.68. The van der Waals surface area contributed by atoms with Crippen LogP contribution in [0.1, 0.15) is 43.1 Å². The Morgan fingerprint density at radius 3 is 2.15 bits per heavy atom. The highest BCUT2D eigenvalue weighted by Gasteiger charge is 2.16. The van der Waals surface area contributed by atoms with Crippen LogP contribution >= 0.6 is 0 Å². The summed E-state index contributed by atoms with van der Waals surface area (Å²) in [7, 11) is 0. The molecule has 2 aromatic carbocycles. The summed E-state index contributed by atoms with van der Waals surface area (Å²) in [5.41, 5.74) is 6.45. The van der Waals surface area contributed by atoms with Crippen LogP contribution in [-0.2, 0) is 11.2 Å². The van der Waals surface area contributed by atoms with Crippen molar-refractivity contribution in [1.82, 2.24) is 10.9 Å². The van der Waals surface area contributed by atoms with Crippen LogP contribution in [0.25, 0.3) is 0 Å². The summed E-state index contributed by atoms with van der Waals surface area (Å²) in [6, 6.07) is 14.3. The topological polar surface area (TPSA) is 76.7 Å². The highest BCUT2D eigenvalue weighted by atomic mass is 16.5. The Bertz CT molecular complexity index is 742. The van der Waals surface area contributed by atoms with Crippen molar-refractivity contribution in [2.45, 2.75) is 39.7 Å². The van der Waals surface area contributed by atoms with Crippen LogP contribution in [-0.4, -0.2) is 24.5 Å². The summed E-state index contributed by atoms with van der Waals surface area (Å²) in [6.07, 6.45) is 1.25. The smallest absolute Gasteiger partial charge is 0.279 e. The van der Waals surface area contributed by atoms with E-state index in [0.717, 1.165) is 18.6 Å². The Morgan fingerprint density at radius 2 is 1.56 bits per heavy atom. The zero-order valence-corrected chi connectivity index (χ0v) is 16.0. The number of hydrogen-bond acceptors (Lipinski definition) is 4. The Balaban J connectivity index is 1.82. The second-order valence-electron chi connectivity index (χ2n) is 6.05. The van der Waals surface area contributed by atoms with Gasteiger partial charge >= 0.3 is 0 Å². The largest absolute Gasteiger partial charge is 0.494 e. The molecule has 1 unspecified atom stereocenters. The Hall–Kier alpha value is -3.02. The third-order valence-electron chi connectivity index (χ3n) is 3.87. The number of amides is 2. The minimum absolute atomic E-state index is 0.375. The van der Waals surface area contributed by atoms with Crippen molar-refractivity contribution in [2.24, 2.45) is 0 Å². The van der Waals surface area contributed by atoms with E-state index in [4.69, 9.17) is 9.47 Å². The van der Waals surface area contributed by atoms with Gasteiger partial charge in [-0.2, -0.15) is 0 Å². The van der Waals surface area contributed by atoms with Gasteiger partial charge in [-0.15, -0.1) is 0 Å². The first-order valence-electron chi connectivity index (χ1n) is 9.12. The predicted molar refractivity (Wildman–Crippen MR) is 104 cm³/mol. The molecule has 1 atom stereocenters. The zero-order valence-electron chi connectivity index (χ0n) is 16.0. The van der Waals surface area contributed by atoms with Gasteiger partial charge in [-0.3, -0.25) is 20.4 Å². The van der Waals surface area contributed by atoms with E-state index in [2.05, 4.69) is 17.8 Å². The second kappa shape index (κ2) is 10.2. The van der Waals surface area contributed by atoms with Crippen LogP contribution in [0.2, 0.25) is 0 Å². The van der Waals surface area contributed by atoms with Gasteiger partial charge in [-0.1, -0.05) is 25.5 Å². The maximum absolute atomic E-state index is 12.1. The molecule has 0 aliphatic heterocycles. The Kier molecular flexibility index (Phi) is 7.67. The molecule has 0 bridgehead atoms. The van der Waals surface area contributed by atoms with Crippen molar-refractivity contribution >= 4 is 11.8 Å². The normalized spacial score (nSPS) is 11.4. The lowest BCUT2D eigenvalue weighted by Gasteiger charge is -2.15. The fourth-order valence-electron chi connectivity index (χ4n) is 2.44. The number of carbonyl (C=O) groups is 2. The molecule has 2 aromatic rings. The molecule has 0 heterocycles. The summed E-state index contributed by atoms with van der Waals surface area (Å²) in [5.74, 6) is 0.456. The highest BCUT2D eigenvalue weighted by Crippen LogP contribution is 2.18. The van der Waals surface area contributed by atoms with E-state index in [1.807, 2.05) is 19.1 Å². The fraction of sp³-hybridized carbons (Fsp3) is 0.333. The van der Waals surface area contributed by atoms with Gasteiger partial charge in [0.25, 0.3) is 11.8 Å². The quantitative estimate of drug-likeness (QED) is 0.699. The zero-order chi connectivity index (χ0) is 19.6. The standard InChI is InChI=1S/C21H26N2O4/c1-4-6-16-7-9-17(10-8-16)21(25)23-22-20(24)15(3)27-19-13-11-18(12-14-19)26-5-2/h7-15H,4-6H2,1-3H3,(H,22,24)(H,23,25). The van der Waals surface area contributed by atoms with E-state index in [0.29, 0.717) is 17.9 Å². The summed E-state index contributed by atoms with van der Waals surface area (Å²) < 4.78 is 10.9. The number of carbonyl (C=O) groups excluding carboxylic acids is 2. The molecule has 6 nitrogen and oxygen atoms in total. The third-order valence-corrected chi connectivity index (χ3v) is 3.87. The number of hydrazine groups is 1. The van der Waals surface area contributed by atoms with Gasteiger partial charge in [0.05, 0.1) is 6.61 Å². The van der Waals surface area contributed by atoms with Gasteiger partial charge in [0.15, 0.2) is 6.10 Å². The summed E-state index contributed by atoms with van der Waals surface area (Å²) in [5, 5.41) is 0. The number of ether oxygens (including phenoxy) is 2. The molecule has 0 spiro atoms. The Morgan fingerprint density at radius 1 is 0.926 bits per heavy atom. The molecule has 2 rings (SSSR count). The number of benzene rings is 2. The molecule has 6 heteroatoms. The van der Waals surface area contributed by atoms with Gasteiger partial charge in [0.2, 0.25) is 0 Å². The van der Waals surface area contributed by atoms with Gasteiger partial charge in [0.1, 0.15) is 11.5 Å². The summed E-state index contributed by atoms with van der Waals surface area (Å²) in [6.45, 7) is 6.20. The van der Waals surface area contributed by atoms with Crippen molar-refractivity contribution < 1.29 is 19.1 Å². The van der Waals surface area contributed by atoms with Gasteiger partial charge in [-0.25, -0.2) is 0 Å². The number of rotatable bonds is 8. The van der Waals surface area contributed by atoms with E-state index >= 15 is 0 Å². The molecule has 144 valence electrons. The van der Waals surface area contributed by atoms with E-state index < -0.39 is 12.0 Å². The first kappa shape index (κ1) is 20.3. The van der Waals surface area contributed by atoms with Crippen molar-refractivity contribution in [1.29, 1.82) is 0 Å². The van der Waals surface area contributed by atoms with Crippen LogP contribution < -0.4 is 20.3 Å². The highest BCUT2D eigenvalue weighted by molar-refractivity contribution is 5.95. The third kappa shape index (κ3) is 6.33. The number of aryl methyl sites for hydroxylation is 1. The summed E-state index contributed by atoms with van der Waals surface area (Å²) >= 11 is 0. The maximum atomic E-state index is 12.1. The first-order chi connectivity index (χ1) is 13.0. The maximum Gasteiger partial charge on any atom is 0.279 e. The van der Waals surface area contributed by atoms with Gasteiger partial charge < -0.3 is 9.47 Å². The molecule has 2 N–H and O–H groups in total. The molecule has 0 saturated carbocycles. The van der Waals surface area contributed by atoms with E-state index in [9.17, 15) is 9.59 Å². The SMILES string of the molecule is CCCc1ccc(C(=O)NNC(=O)C(C)Oc2ccc(OCC)cc2)cc1. The molecular formula is C21H26N2O4. The molecular weight excluding hydrogens is 344 g/mol. The number of nitrogens with one attached hydrogen (secondary N) is 2. The van der Waals surface area contributed by atoms with Crippen molar-refractivity contribution in [3.05, 3.63) is 59.7 Å². The van der Waals surface area contributed by atoms with Crippen molar-refractivity contribution in [3.63, 3.8) is 0 Å². The molecule has 0 aliphatic rings. The molecule has 0 fully saturated rings. The average molecular weight is 370 g/mol. The lowest BCUT2D eigenvalue weighted by molar-refractivity contribution is -0.128. The fourth-order valence-corrected chi connectivity index (χ4v) is 2.44. The van der Waals surface area contributed by atoms with E-state index in [1.54, 1.807) is 43.3 Å². The van der Waals surface area contributed by atoms with Gasteiger partial charge in [-0.05, 0) is 62.2 Å². The van der Waals surface area contributed by atoms with E-state index in [-0.39, 0.29) is 5.91 Å². The van der Waals surface area contributed by atoms with Crippen molar-refractivity contribution in [3.8, 4) is 11.5 Å². The molecule has 0 aromatic heterocycles. The van der Waals surface area contributed by atoms with Crippen LogP contribution in [0.15, 0.2) is 48.5 Å². The molecule has 27 heavy (non-hydrogen) atoms. The lowest BCUT2D eigenvalue weighted by atomic mass is 10.1. The molecule has 0 saturated heterocycles. The molecule has 0 aliphatic carbocycles. The van der Waals surface area contributed by atoms with Crippen LogP contribution in [0.3, 0.4) is 0 Å². The van der Waals surface area contributed by atoms with Crippen molar-refractivity contribution in [2.75, 3.05) is 6.61 Å². The summed E-state index contributed by atoms with van der Waals surface area (Å²) in [4.78, 5) is 24.2. The minimum Gasteiger partial charge on any atom is -0.494 e. The predicted octanol–water partition coefficient (Wildman–Crippen LogP) is 3.27. The second-order valence-corrected chi connectivity index (χ2v) is 6.05. The van der Waals surface area contributed by atoms with Crippen LogP contribution in [0, 0.1) is 0 Å². The minimum atomic E-state index is -0.768. The number of hydrogen-bond donors (Lipinski definition) is 2. The monoisotopic (exact) mass is 370 g/mol. The first-order valence-corrected chi connectivity index (χ1v) is 9.12. The molecule has 0 radical (unpaired) electrons. The van der Waals surface area contributed by atoms with Crippen LogP contribution in [0.4, 0.5) is 0 Å². The lowest BCUT2D eigenvalue weighted by Crippen LogP contribution is -2.47. The van der Waals surface area contributed by atoms with E-state index in [1.165, 1.54) is 5.56 Å².